The quantitative estimate of drug-likeness (QED) is 0.616. The van der Waals surface area contributed by atoms with Crippen molar-refractivity contribution in [2.75, 3.05) is 6.54 Å². The van der Waals surface area contributed by atoms with Gasteiger partial charge >= 0.3 is 0 Å². The highest BCUT2D eigenvalue weighted by Gasteiger charge is 2.12. The highest BCUT2D eigenvalue weighted by atomic mass is 16.1. The lowest BCUT2D eigenvalue weighted by Gasteiger charge is -2.17. The molecule has 78 valence electrons. The number of rotatable bonds is 6. The van der Waals surface area contributed by atoms with E-state index < -0.39 is 0 Å². The van der Waals surface area contributed by atoms with Crippen molar-refractivity contribution < 1.29 is 4.79 Å². The lowest BCUT2D eigenvalue weighted by molar-refractivity contribution is -0.121. The van der Waals surface area contributed by atoms with E-state index in [4.69, 9.17) is 5.73 Å². The molecule has 0 aromatic heterocycles. The number of carbonyl (C=O) groups excluding carboxylic acids is 1. The van der Waals surface area contributed by atoms with Crippen LogP contribution in [0.1, 0.15) is 46.5 Å². The molecule has 0 radical (unpaired) electrons. The van der Waals surface area contributed by atoms with Gasteiger partial charge in [0.15, 0.2) is 0 Å². The number of carbonyl (C=O) groups is 1. The zero-order valence-electron chi connectivity index (χ0n) is 9.02. The lowest BCUT2D eigenvalue weighted by Crippen LogP contribution is -2.34. The van der Waals surface area contributed by atoms with Gasteiger partial charge in [-0.2, -0.15) is 0 Å². The summed E-state index contributed by atoms with van der Waals surface area (Å²) in [6.45, 7) is 6.77. The first kappa shape index (κ1) is 12.4. The molecule has 0 aliphatic carbocycles. The van der Waals surface area contributed by atoms with Crippen molar-refractivity contribution in [2.45, 2.75) is 52.0 Å². The Morgan fingerprint density at radius 3 is 2.54 bits per heavy atom. The van der Waals surface area contributed by atoms with Crippen LogP contribution in [-0.4, -0.2) is 18.0 Å². The number of nitrogens with two attached hydrogens (primary N) is 1. The monoisotopic (exact) mass is 186 g/mol. The Balaban J connectivity index is 3.41. The minimum atomic E-state index is -0.234. The summed E-state index contributed by atoms with van der Waals surface area (Å²) in [4.78, 5) is 11.2. The maximum Gasteiger partial charge on any atom is 0.220 e. The number of unbranched alkanes of at least 4 members (excludes halogenated alkanes) is 1. The molecule has 0 unspecified atom stereocenters. The van der Waals surface area contributed by atoms with Gasteiger partial charge in [0.25, 0.3) is 0 Å². The Hall–Kier alpha value is -0.570. The molecular formula is C10H22N2O. The van der Waals surface area contributed by atoms with Crippen LogP contribution < -0.4 is 11.1 Å². The van der Waals surface area contributed by atoms with Gasteiger partial charge in [0, 0.05) is 18.5 Å². The minimum absolute atomic E-state index is 0.118. The van der Waals surface area contributed by atoms with Crippen LogP contribution in [0.3, 0.4) is 0 Å². The maximum absolute atomic E-state index is 11.2. The Bertz CT molecular complexity index is 149. The van der Waals surface area contributed by atoms with Crippen LogP contribution in [0, 0.1) is 0 Å². The fourth-order valence-electron chi connectivity index (χ4n) is 0.929. The van der Waals surface area contributed by atoms with E-state index in [1.165, 1.54) is 0 Å². The van der Waals surface area contributed by atoms with Crippen molar-refractivity contribution in [1.82, 2.24) is 5.32 Å². The molecule has 0 saturated carbocycles. The second-order valence-electron chi connectivity index (χ2n) is 4.19. The molecular weight excluding hydrogens is 164 g/mol. The predicted molar refractivity (Wildman–Crippen MR) is 55.4 cm³/mol. The van der Waals surface area contributed by atoms with Crippen LogP contribution in [-0.2, 0) is 4.79 Å². The zero-order chi connectivity index (χ0) is 10.3. The SMILES string of the molecule is CCCCNC(=O)CCC(C)(C)N. The summed E-state index contributed by atoms with van der Waals surface area (Å²) in [5.74, 6) is 0.118. The molecule has 0 atom stereocenters. The third-order valence-electron chi connectivity index (χ3n) is 1.85. The van der Waals surface area contributed by atoms with Gasteiger partial charge in [-0.05, 0) is 26.7 Å². The number of amides is 1. The molecule has 0 rings (SSSR count). The van der Waals surface area contributed by atoms with Gasteiger partial charge in [-0.3, -0.25) is 4.79 Å². The largest absolute Gasteiger partial charge is 0.356 e. The summed E-state index contributed by atoms with van der Waals surface area (Å²) in [7, 11) is 0. The van der Waals surface area contributed by atoms with Gasteiger partial charge in [-0.25, -0.2) is 0 Å². The fraction of sp³-hybridized carbons (Fsp3) is 0.900. The standard InChI is InChI=1S/C10H22N2O/c1-4-5-8-12-9(13)6-7-10(2,3)11/h4-8,11H2,1-3H3,(H,12,13). The molecule has 0 fully saturated rings. The second kappa shape index (κ2) is 5.97. The van der Waals surface area contributed by atoms with Crippen molar-refractivity contribution in [3.05, 3.63) is 0 Å². The normalized spacial score (nSPS) is 11.4. The van der Waals surface area contributed by atoms with E-state index in [0.29, 0.717) is 6.42 Å². The van der Waals surface area contributed by atoms with Gasteiger partial charge in [0.1, 0.15) is 0 Å². The predicted octanol–water partition coefficient (Wildman–Crippen LogP) is 1.42. The summed E-state index contributed by atoms with van der Waals surface area (Å²) in [5.41, 5.74) is 5.52. The van der Waals surface area contributed by atoms with Crippen molar-refractivity contribution in [3.8, 4) is 0 Å². The molecule has 0 saturated heterocycles. The maximum atomic E-state index is 11.2. The molecule has 0 aromatic rings. The van der Waals surface area contributed by atoms with E-state index >= 15 is 0 Å². The number of hydrogen-bond donors (Lipinski definition) is 2. The van der Waals surface area contributed by atoms with E-state index in [0.717, 1.165) is 25.8 Å². The molecule has 1 amide bonds. The van der Waals surface area contributed by atoms with Crippen molar-refractivity contribution in [2.24, 2.45) is 5.73 Å². The summed E-state index contributed by atoms with van der Waals surface area (Å²) in [6, 6.07) is 0. The van der Waals surface area contributed by atoms with Crippen LogP contribution in [0.25, 0.3) is 0 Å². The van der Waals surface area contributed by atoms with Crippen molar-refractivity contribution >= 4 is 5.91 Å². The van der Waals surface area contributed by atoms with Gasteiger partial charge in [-0.1, -0.05) is 13.3 Å². The van der Waals surface area contributed by atoms with Crippen LogP contribution in [0.2, 0.25) is 0 Å². The second-order valence-corrected chi connectivity index (χ2v) is 4.19. The third-order valence-corrected chi connectivity index (χ3v) is 1.85. The minimum Gasteiger partial charge on any atom is -0.356 e. The Labute approximate surface area is 81.1 Å². The molecule has 3 heteroatoms. The first-order chi connectivity index (χ1) is 5.95. The van der Waals surface area contributed by atoms with E-state index in [1.54, 1.807) is 0 Å². The molecule has 0 aliphatic rings. The topological polar surface area (TPSA) is 55.1 Å². The van der Waals surface area contributed by atoms with Crippen molar-refractivity contribution in [1.29, 1.82) is 0 Å². The first-order valence-corrected chi connectivity index (χ1v) is 5.01. The Morgan fingerprint density at radius 1 is 1.46 bits per heavy atom. The lowest BCUT2D eigenvalue weighted by atomic mass is 10.00. The van der Waals surface area contributed by atoms with Gasteiger partial charge in [-0.15, -0.1) is 0 Å². The Morgan fingerprint density at radius 2 is 2.08 bits per heavy atom. The molecule has 0 aliphatic heterocycles. The van der Waals surface area contributed by atoms with Crippen LogP contribution in [0.15, 0.2) is 0 Å². The summed E-state index contributed by atoms with van der Waals surface area (Å²) < 4.78 is 0. The molecule has 13 heavy (non-hydrogen) atoms. The van der Waals surface area contributed by atoms with Crippen LogP contribution in [0.5, 0.6) is 0 Å². The highest BCUT2D eigenvalue weighted by Crippen LogP contribution is 2.06. The fourth-order valence-corrected chi connectivity index (χ4v) is 0.929. The summed E-state index contributed by atoms with van der Waals surface area (Å²) >= 11 is 0. The highest BCUT2D eigenvalue weighted by molar-refractivity contribution is 5.75. The molecule has 3 N–H and O–H groups in total. The van der Waals surface area contributed by atoms with Gasteiger partial charge in [0.05, 0.1) is 0 Å². The molecule has 0 heterocycles. The van der Waals surface area contributed by atoms with Gasteiger partial charge < -0.3 is 11.1 Å². The molecule has 3 nitrogen and oxygen atoms in total. The zero-order valence-corrected chi connectivity index (χ0v) is 9.02. The first-order valence-electron chi connectivity index (χ1n) is 5.01. The van der Waals surface area contributed by atoms with Crippen molar-refractivity contribution in [3.63, 3.8) is 0 Å². The van der Waals surface area contributed by atoms with Crippen LogP contribution >= 0.6 is 0 Å². The average Bonchev–Trinajstić information content (AvgIpc) is 2.00. The number of hydrogen-bond acceptors (Lipinski definition) is 2. The number of nitrogens with one attached hydrogen (secondary N) is 1. The van der Waals surface area contributed by atoms with E-state index in [-0.39, 0.29) is 11.4 Å². The average molecular weight is 186 g/mol. The van der Waals surface area contributed by atoms with Gasteiger partial charge in [0.2, 0.25) is 5.91 Å². The molecule has 0 aromatic carbocycles. The molecule has 0 bridgehead atoms. The van der Waals surface area contributed by atoms with Crippen LogP contribution in [0.4, 0.5) is 0 Å². The summed E-state index contributed by atoms with van der Waals surface area (Å²) in [5, 5.41) is 2.86. The molecule has 0 spiro atoms. The summed E-state index contributed by atoms with van der Waals surface area (Å²) in [6.07, 6.45) is 3.44. The third kappa shape index (κ3) is 9.34. The van der Waals surface area contributed by atoms with E-state index in [2.05, 4.69) is 12.2 Å². The Kier molecular flexibility index (Phi) is 5.71. The van der Waals surface area contributed by atoms with E-state index in [1.807, 2.05) is 13.8 Å². The smallest absolute Gasteiger partial charge is 0.220 e. The van der Waals surface area contributed by atoms with E-state index in [9.17, 15) is 4.79 Å².